The quantitative estimate of drug-likeness (QED) is 0.639. The van der Waals surface area contributed by atoms with Crippen molar-refractivity contribution >= 4 is 0 Å². The summed E-state index contributed by atoms with van der Waals surface area (Å²) in [5, 5.41) is 0. The summed E-state index contributed by atoms with van der Waals surface area (Å²) >= 11 is 0. The van der Waals surface area contributed by atoms with Crippen LogP contribution >= 0.6 is 0 Å². The van der Waals surface area contributed by atoms with Gasteiger partial charge in [0, 0.05) is 17.8 Å². The molecule has 0 saturated heterocycles. The molecule has 3 heteroatoms. The number of aromatic amines is 2. The molecule has 0 bridgehead atoms. The standard InChI is InChI=1S/C10H16N2O/c13-10-11-7-9(12-10)8-5-3-1-2-4-6-8/h7-8H,1-6H2,(H2,11,12,13). The second kappa shape index (κ2) is 3.81. The number of H-pyrrole nitrogens is 2. The highest BCUT2D eigenvalue weighted by Gasteiger charge is 2.15. The zero-order chi connectivity index (χ0) is 9.10. The first-order valence-electron chi connectivity index (χ1n) is 5.14. The van der Waals surface area contributed by atoms with Gasteiger partial charge in [0.1, 0.15) is 0 Å². The van der Waals surface area contributed by atoms with Crippen molar-refractivity contribution in [2.45, 2.75) is 44.4 Å². The number of hydrogen-bond acceptors (Lipinski definition) is 1. The van der Waals surface area contributed by atoms with Crippen LogP contribution in [0.5, 0.6) is 0 Å². The third-order valence-corrected chi connectivity index (χ3v) is 2.91. The summed E-state index contributed by atoms with van der Waals surface area (Å²) in [6.07, 6.45) is 9.60. The van der Waals surface area contributed by atoms with Crippen LogP contribution in [-0.2, 0) is 0 Å². The fraction of sp³-hybridized carbons (Fsp3) is 0.700. The zero-order valence-electron chi connectivity index (χ0n) is 7.81. The third-order valence-electron chi connectivity index (χ3n) is 2.91. The van der Waals surface area contributed by atoms with Crippen molar-refractivity contribution in [1.29, 1.82) is 0 Å². The molecule has 1 saturated carbocycles. The van der Waals surface area contributed by atoms with Gasteiger partial charge in [0.25, 0.3) is 0 Å². The number of imidazole rings is 1. The topological polar surface area (TPSA) is 48.6 Å². The highest BCUT2D eigenvalue weighted by Crippen LogP contribution is 2.29. The van der Waals surface area contributed by atoms with Gasteiger partial charge in [0.15, 0.2) is 0 Å². The maximum atomic E-state index is 10.9. The first-order chi connectivity index (χ1) is 6.36. The molecule has 0 atom stereocenters. The van der Waals surface area contributed by atoms with Crippen LogP contribution in [-0.4, -0.2) is 9.97 Å². The number of hydrogen-bond donors (Lipinski definition) is 2. The molecule has 2 rings (SSSR count). The van der Waals surface area contributed by atoms with Gasteiger partial charge in [-0.25, -0.2) is 4.79 Å². The molecule has 1 aliphatic rings. The molecule has 1 aliphatic carbocycles. The minimum atomic E-state index is -0.0701. The van der Waals surface area contributed by atoms with E-state index in [4.69, 9.17) is 0 Å². The molecule has 1 aromatic heterocycles. The van der Waals surface area contributed by atoms with E-state index in [1.165, 1.54) is 38.5 Å². The molecule has 0 unspecified atom stereocenters. The SMILES string of the molecule is O=c1[nH]cc(C2CCCCCC2)[nH]1. The number of nitrogens with one attached hydrogen (secondary N) is 2. The molecule has 13 heavy (non-hydrogen) atoms. The lowest BCUT2D eigenvalue weighted by molar-refractivity contribution is 0.579. The lowest BCUT2D eigenvalue weighted by Crippen LogP contribution is -2.04. The monoisotopic (exact) mass is 180 g/mol. The fourth-order valence-corrected chi connectivity index (χ4v) is 2.16. The molecule has 0 radical (unpaired) electrons. The molecule has 1 aromatic rings. The molecular weight excluding hydrogens is 164 g/mol. The van der Waals surface area contributed by atoms with Crippen molar-refractivity contribution in [2.75, 3.05) is 0 Å². The van der Waals surface area contributed by atoms with E-state index in [9.17, 15) is 4.79 Å². The second-order valence-corrected chi connectivity index (χ2v) is 3.89. The minimum absolute atomic E-state index is 0.0701. The maximum absolute atomic E-state index is 10.9. The van der Waals surface area contributed by atoms with Crippen LogP contribution in [0, 0.1) is 0 Å². The first-order valence-corrected chi connectivity index (χ1v) is 5.14. The van der Waals surface area contributed by atoms with Gasteiger partial charge in [0.05, 0.1) is 0 Å². The highest BCUT2D eigenvalue weighted by molar-refractivity contribution is 5.03. The van der Waals surface area contributed by atoms with Crippen molar-refractivity contribution in [3.63, 3.8) is 0 Å². The van der Waals surface area contributed by atoms with Gasteiger partial charge in [-0.15, -0.1) is 0 Å². The van der Waals surface area contributed by atoms with E-state index in [0.717, 1.165) is 5.69 Å². The summed E-state index contributed by atoms with van der Waals surface area (Å²) in [5.41, 5.74) is 1.03. The molecule has 0 spiro atoms. The Labute approximate surface area is 77.6 Å². The molecule has 2 N–H and O–H groups in total. The molecule has 0 aliphatic heterocycles. The summed E-state index contributed by atoms with van der Waals surface area (Å²) in [5.74, 6) is 0.585. The summed E-state index contributed by atoms with van der Waals surface area (Å²) < 4.78 is 0. The van der Waals surface area contributed by atoms with Crippen LogP contribution < -0.4 is 5.69 Å². The van der Waals surface area contributed by atoms with Crippen molar-refractivity contribution in [2.24, 2.45) is 0 Å². The fourth-order valence-electron chi connectivity index (χ4n) is 2.16. The van der Waals surface area contributed by atoms with Gasteiger partial charge in [-0.05, 0) is 12.8 Å². The van der Waals surface area contributed by atoms with Crippen LogP contribution in [0.15, 0.2) is 11.0 Å². The maximum Gasteiger partial charge on any atom is 0.323 e. The lowest BCUT2D eigenvalue weighted by Gasteiger charge is -2.10. The third kappa shape index (κ3) is 2.02. The molecule has 1 heterocycles. The van der Waals surface area contributed by atoms with E-state index in [1.807, 2.05) is 6.20 Å². The summed E-state index contributed by atoms with van der Waals surface area (Å²) in [6.45, 7) is 0. The summed E-state index contributed by atoms with van der Waals surface area (Å²) in [7, 11) is 0. The van der Waals surface area contributed by atoms with E-state index >= 15 is 0 Å². The van der Waals surface area contributed by atoms with Gasteiger partial charge in [-0.3, -0.25) is 0 Å². The van der Waals surface area contributed by atoms with Gasteiger partial charge in [-0.1, -0.05) is 25.7 Å². The Hall–Kier alpha value is -0.990. The van der Waals surface area contributed by atoms with Gasteiger partial charge >= 0.3 is 5.69 Å². The van der Waals surface area contributed by atoms with E-state index in [2.05, 4.69) is 9.97 Å². The zero-order valence-corrected chi connectivity index (χ0v) is 7.81. The van der Waals surface area contributed by atoms with Crippen molar-refractivity contribution in [3.05, 3.63) is 22.4 Å². The molecule has 3 nitrogen and oxygen atoms in total. The number of aromatic nitrogens is 2. The van der Waals surface area contributed by atoms with Gasteiger partial charge in [0.2, 0.25) is 0 Å². The first kappa shape index (κ1) is 8.60. The Bertz CT molecular complexity index is 305. The van der Waals surface area contributed by atoms with E-state index in [0.29, 0.717) is 5.92 Å². The van der Waals surface area contributed by atoms with Crippen LogP contribution in [0.2, 0.25) is 0 Å². The Balaban J connectivity index is 2.10. The summed E-state index contributed by atoms with van der Waals surface area (Å²) in [6, 6.07) is 0. The van der Waals surface area contributed by atoms with E-state index in [-0.39, 0.29) is 5.69 Å². The predicted octanol–water partition coefficient (Wildman–Crippen LogP) is 2.14. The molecule has 0 amide bonds. The molecule has 1 fully saturated rings. The van der Waals surface area contributed by atoms with Crippen LogP contribution in [0.4, 0.5) is 0 Å². The highest BCUT2D eigenvalue weighted by atomic mass is 16.1. The van der Waals surface area contributed by atoms with Crippen molar-refractivity contribution in [3.8, 4) is 0 Å². The van der Waals surface area contributed by atoms with E-state index in [1.54, 1.807) is 0 Å². The normalized spacial score (nSPS) is 20.0. The lowest BCUT2D eigenvalue weighted by atomic mass is 9.97. The van der Waals surface area contributed by atoms with E-state index < -0.39 is 0 Å². The average molecular weight is 180 g/mol. The summed E-state index contributed by atoms with van der Waals surface area (Å²) in [4.78, 5) is 16.4. The molecule has 0 aromatic carbocycles. The predicted molar refractivity (Wildman–Crippen MR) is 51.9 cm³/mol. The Morgan fingerprint density at radius 2 is 1.85 bits per heavy atom. The van der Waals surface area contributed by atoms with Gasteiger partial charge in [-0.2, -0.15) is 0 Å². The van der Waals surface area contributed by atoms with Crippen molar-refractivity contribution < 1.29 is 0 Å². The Morgan fingerprint density at radius 3 is 2.38 bits per heavy atom. The van der Waals surface area contributed by atoms with Crippen molar-refractivity contribution in [1.82, 2.24) is 9.97 Å². The van der Waals surface area contributed by atoms with Crippen LogP contribution in [0.25, 0.3) is 0 Å². The second-order valence-electron chi connectivity index (χ2n) is 3.89. The van der Waals surface area contributed by atoms with Gasteiger partial charge < -0.3 is 9.97 Å². The largest absolute Gasteiger partial charge is 0.323 e. The average Bonchev–Trinajstić information content (AvgIpc) is 2.43. The Kier molecular flexibility index (Phi) is 2.52. The minimum Gasteiger partial charge on any atom is -0.313 e. The number of rotatable bonds is 1. The molecule has 72 valence electrons. The molecular formula is C10H16N2O. The van der Waals surface area contributed by atoms with Crippen LogP contribution in [0.1, 0.15) is 50.1 Å². The Morgan fingerprint density at radius 1 is 1.15 bits per heavy atom. The van der Waals surface area contributed by atoms with Crippen LogP contribution in [0.3, 0.4) is 0 Å². The smallest absolute Gasteiger partial charge is 0.313 e.